The van der Waals surface area contributed by atoms with Crippen LogP contribution >= 0.6 is 34.7 Å². The largest absolute Gasteiger partial charge is 0.495 e. The van der Waals surface area contributed by atoms with Gasteiger partial charge in [-0.15, -0.1) is 11.3 Å². The number of Topliss-reactive ketones (excluding diaryl/α,β-unsaturated/α-hetero) is 1. The molecule has 0 unspecified atom stereocenters. The van der Waals surface area contributed by atoms with Crippen LogP contribution in [0.1, 0.15) is 40.1 Å². The van der Waals surface area contributed by atoms with Gasteiger partial charge in [-0.2, -0.15) is 0 Å². The zero-order chi connectivity index (χ0) is 23.0. The van der Waals surface area contributed by atoms with Gasteiger partial charge in [-0.05, 0) is 51.0 Å². The standard InChI is InChI=1S/C22H22ClN3O4S2/c1-11-24-13-6-7-15(30-3)19(23)18(13)20(25-11)31-10-14(27)16-8-9-17(32-16)22(2,29)21(28)26-12-4-5-12/h6-9,12,29H,4-5,10H2,1-3H3,(H,26,28)/t22-/m1/s1. The van der Waals surface area contributed by atoms with Crippen molar-refractivity contribution in [1.82, 2.24) is 15.3 Å². The third-order valence-electron chi connectivity index (χ3n) is 5.12. The highest BCUT2D eigenvalue weighted by atomic mass is 35.5. The van der Waals surface area contributed by atoms with Crippen LogP contribution in [-0.2, 0) is 10.4 Å². The Kier molecular flexibility index (Phi) is 6.44. The molecule has 0 saturated heterocycles. The molecule has 4 rings (SSSR count). The van der Waals surface area contributed by atoms with Crippen LogP contribution in [-0.4, -0.2) is 45.7 Å². The van der Waals surface area contributed by atoms with Crippen molar-refractivity contribution in [3.05, 3.63) is 44.9 Å². The van der Waals surface area contributed by atoms with Crippen molar-refractivity contribution in [1.29, 1.82) is 0 Å². The van der Waals surface area contributed by atoms with E-state index in [1.54, 1.807) is 31.2 Å². The van der Waals surface area contributed by atoms with Crippen LogP contribution < -0.4 is 10.1 Å². The topological polar surface area (TPSA) is 101 Å². The molecule has 1 aliphatic carbocycles. The summed E-state index contributed by atoms with van der Waals surface area (Å²) in [5.74, 6) is 0.629. The molecule has 32 heavy (non-hydrogen) atoms. The molecule has 7 nitrogen and oxygen atoms in total. The van der Waals surface area contributed by atoms with Crippen molar-refractivity contribution in [3.8, 4) is 5.75 Å². The first kappa shape index (κ1) is 23.0. The normalized spacial score (nSPS) is 15.4. The van der Waals surface area contributed by atoms with E-state index in [1.165, 1.54) is 25.8 Å². The van der Waals surface area contributed by atoms with Gasteiger partial charge in [-0.25, -0.2) is 9.97 Å². The van der Waals surface area contributed by atoms with E-state index in [2.05, 4.69) is 15.3 Å². The molecule has 3 aromatic rings. The molecule has 0 aliphatic heterocycles. The molecular weight excluding hydrogens is 470 g/mol. The highest BCUT2D eigenvalue weighted by Crippen LogP contribution is 2.38. The zero-order valence-corrected chi connectivity index (χ0v) is 20.2. The maximum absolute atomic E-state index is 12.9. The highest BCUT2D eigenvalue weighted by molar-refractivity contribution is 8.00. The number of ether oxygens (including phenoxy) is 1. The Morgan fingerprint density at radius 2 is 2.06 bits per heavy atom. The SMILES string of the molecule is COc1ccc2nc(C)nc(SCC(=O)c3ccc([C@@](C)(O)C(=O)NC4CC4)s3)c2c1Cl. The van der Waals surface area contributed by atoms with Gasteiger partial charge < -0.3 is 15.2 Å². The van der Waals surface area contributed by atoms with Gasteiger partial charge in [0.1, 0.15) is 16.6 Å². The van der Waals surface area contributed by atoms with E-state index in [0.717, 1.165) is 24.2 Å². The predicted molar refractivity (Wildman–Crippen MR) is 126 cm³/mol. The van der Waals surface area contributed by atoms with Crippen molar-refractivity contribution in [3.63, 3.8) is 0 Å². The van der Waals surface area contributed by atoms with Gasteiger partial charge in [-0.1, -0.05) is 23.4 Å². The molecule has 1 aliphatic rings. The summed E-state index contributed by atoms with van der Waals surface area (Å²) >= 11 is 8.87. The number of thiophene rings is 1. The molecule has 2 N–H and O–H groups in total. The molecule has 1 amide bonds. The summed E-state index contributed by atoms with van der Waals surface area (Å²) < 4.78 is 5.30. The van der Waals surface area contributed by atoms with Crippen molar-refractivity contribution in [2.45, 2.75) is 43.4 Å². The number of aryl methyl sites for hydroxylation is 1. The first-order chi connectivity index (χ1) is 15.2. The van der Waals surface area contributed by atoms with Gasteiger partial charge in [-0.3, -0.25) is 9.59 Å². The Balaban J connectivity index is 1.52. The van der Waals surface area contributed by atoms with E-state index in [-0.39, 0.29) is 17.6 Å². The number of amides is 1. The van der Waals surface area contributed by atoms with E-state index in [0.29, 0.717) is 42.3 Å². The Morgan fingerprint density at radius 1 is 1.31 bits per heavy atom. The lowest BCUT2D eigenvalue weighted by molar-refractivity contribution is -0.138. The number of rotatable bonds is 8. The Hall–Kier alpha value is -2.20. The predicted octanol–water partition coefficient (Wildman–Crippen LogP) is 4.12. The monoisotopic (exact) mass is 491 g/mol. The quantitative estimate of drug-likeness (QED) is 0.277. The van der Waals surface area contributed by atoms with Crippen LogP contribution in [0.5, 0.6) is 5.75 Å². The van der Waals surface area contributed by atoms with E-state index < -0.39 is 11.5 Å². The molecule has 1 aromatic carbocycles. The summed E-state index contributed by atoms with van der Waals surface area (Å²) in [6, 6.07) is 6.96. The van der Waals surface area contributed by atoms with E-state index >= 15 is 0 Å². The summed E-state index contributed by atoms with van der Waals surface area (Å²) in [5, 5.41) is 15.1. The molecule has 0 spiro atoms. The first-order valence-corrected chi connectivity index (χ1v) is 12.2. The van der Waals surface area contributed by atoms with Gasteiger partial charge >= 0.3 is 0 Å². The third-order valence-corrected chi connectivity index (χ3v) is 7.81. The van der Waals surface area contributed by atoms with Gasteiger partial charge in [0, 0.05) is 10.9 Å². The number of nitrogens with one attached hydrogen (secondary N) is 1. The number of nitrogens with zero attached hydrogens (tertiary/aromatic N) is 2. The number of hydrogen-bond acceptors (Lipinski definition) is 8. The van der Waals surface area contributed by atoms with Gasteiger partial charge in [0.15, 0.2) is 11.4 Å². The van der Waals surface area contributed by atoms with Crippen molar-refractivity contribution >= 4 is 57.3 Å². The summed E-state index contributed by atoms with van der Waals surface area (Å²) in [7, 11) is 1.53. The van der Waals surface area contributed by atoms with E-state index in [9.17, 15) is 14.7 Å². The van der Waals surface area contributed by atoms with Crippen molar-refractivity contribution in [2.24, 2.45) is 0 Å². The molecule has 1 fully saturated rings. The molecule has 0 bridgehead atoms. The molecule has 10 heteroatoms. The fraction of sp³-hybridized carbons (Fsp3) is 0.364. The van der Waals surface area contributed by atoms with E-state index in [4.69, 9.17) is 16.3 Å². The Morgan fingerprint density at radius 3 is 2.75 bits per heavy atom. The second-order valence-corrected chi connectivity index (χ2v) is 10.2. The summed E-state index contributed by atoms with van der Waals surface area (Å²) in [4.78, 5) is 35.0. The van der Waals surface area contributed by atoms with Crippen LogP contribution in [0, 0.1) is 6.92 Å². The number of ketones is 1. The second kappa shape index (κ2) is 8.97. The van der Waals surface area contributed by atoms with Crippen LogP contribution in [0.4, 0.5) is 0 Å². The first-order valence-electron chi connectivity index (χ1n) is 10.0. The minimum atomic E-state index is -1.68. The molecular formula is C22H22ClN3O4S2. The average Bonchev–Trinajstić information content (AvgIpc) is 3.42. The lowest BCUT2D eigenvalue weighted by Gasteiger charge is -2.20. The molecule has 2 heterocycles. The number of carbonyl (C=O) groups is 2. The maximum atomic E-state index is 12.9. The van der Waals surface area contributed by atoms with Crippen LogP contribution in [0.3, 0.4) is 0 Å². The molecule has 1 atom stereocenters. The minimum Gasteiger partial charge on any atom is -0.495 e. The number of aromatic nitrogens is 2. The summed E-state index contributed by atoms with van der Waals surface area (Å²) in [6.45, 7) is 3.23. The number of benzene rings is 1. The van der Waals surface area contributed by atoms with Crippen LogP contribution in [0.15, 0.2) is 29.3 Å². The Bertz CT molecular complexity index is 1210. The van der Waals surface area contributed by atoms with Crippen LogP contribution in [0.25, 0.3) is 10.9 Å². The number of halogens is 1. The van der Waals surface area contributed by atoms with Gasteiger partial charge in [0.2, 0.25) is 0 Å². The van der Waals surface area contributed by atoms with Gasteiger partial charge in [0.05, 0.1) is 33.7 Å². The second-order valence-electron chi connectivity index (χ2n) is 7.75. The summed E-state index contributed by atoms with van der Waals surface area (Å²) in [6.07, 6.45) is 1.86. The fourth-order valence-electron chi connectivity index (χ4n) is 3.13. The molecule has 1 saturated carbocycles. The third kappa shape index (κ3) is 4.61. The summed E-state index contributed by atoms with van der Waals surface area (Å²) in [5.41, 5.74) is -1.00. The lowest BCUT2D eigenvalue weighted by Crippen LogP contribution is -2.42. The number of aliphatic hydroxyl groups is 1. The zero-order valence-electron chi connectivity index (χ0n) is 17.8. The lowest BCUT2D eigenvalue weighted by atomic mass is 10.0. The fourth-order valence-corrected chi connectivity index (χ4v) is 5.56. The Labute approximate surface area is 198 Å². The molecule has 168 valence electrons. The number of carbonyl (C=O) groups excluding carboxylic acids is 2. The average molecular weight is 492 g/mol. The van der Waals surface area contributed by atoms with Crippen LogP contribution in [0.2, 0.25) is 5.02 Å². The van der Waals surface area contributed by atoms with Crippen molar-refractivity contribution < 1.29 is 19.4 Å². The minimum absolute atomic E-state index is 0.120. The van der Waals surface area contributed by atoms with Gasteiger partial charge in [0.25, 0.3) is 5.91 Å². The maximum Gasteiger partial charge on any atom is 0.257 e. The number of hydrogen-bond donors (Lipinski definition) is 2. The molecule has 0 radical (unpaired) electrons. The molecule has 2 aromatic heterocycles. The van der Waals surface area contributed by atoms with E-state index in [1.807, 2.05) is 0 Å². The number of fused-ring (bicyclic) bond motifs is 1. The number of thioether (sulfide) groups is 1. The number of methoxy groups -OCH3 is 1. The highest BCUT2D eigenvalue weighted by Gasteiger charge is 2.37. The van der Waals surface area contributed by atoms with Crippen molar-refractivity contribution in [2.75, 3.05) is 12.9 Å². The smallest absolute Gasteiger partial charge is 0.257 e.